The fraction of sp³-hybridized carbons (Fsp3) is 0.667. The Balaban J connectivity index is 4.18. The third kappa shape index (κ3) is 2.48. The van der Waals surface area contributed by atoms with Crippen LogP contribution in [-0.4, -0.2) is 48.6 Å². The van der Waals surface area contributed by atoms with Crippen molar-refractivity contribution in [3.8, 4) is 0 Å². The van der Waals surface area contributed by atoms with E-state index >= 15 is 0 Å². The Bertz CT molecular complexity index is 157. The van der Waals surface area contributed by atoms with Crippen LogP contribution in [0.3, 0.4) is 0 Å². The maximum absolute atomic E-state index is 10.5. The third-order valence-electron chi connectivity index (χ3n) is 1.18. The first kappa shape index (κ1) is 10.9. The molecule has 70 valence electrons. The Hall–Kier alpha value is -1.14. The predicted molar refractivity (Wildman–Crippen MR) is 36.0 cm³/mol. The number of hydrogen-bond acceptors (Lipinski definition) is 6. The first-order chi connectivity index (χ1) is 5.54. The molecule has 2 N–H and O–H groups in total. The molecule has 0 saturated carbocycles. The molecule has 0 aliphatic carbocycles. The average molecular weight is 178 g/mol. The van der Waals surface area contributed by atoms with Crippen LogP contribution in [0.2, 0.25) is 0 Å². The van der Waals surface area contributed by atoms with E-state index in [1.807, 2.05) is 0 Å². The summed E-state index contributed by atoms with van der Waals surface area (Å²) in [6, 6.07) is 0. The lowest BCUT2D eigenvalue weighted by Crippen LogP contribution is -2.40. The Morgan fingerprint density at radius 3 is 1.42 bits per heavy atom. The van der Waals surface area contributed by atoms with E-state index in [2.05, 4.69) is 9.47 Å². The Morgan fingerprint density at radius 2 is 1.25 bits per heavy atom. The second-order valence-corrected chi connectivity index (χ2v) is 1.94. The summed E-state index contributed by atoms with van der Waals surface area (Å²) in [7, 11) is 2.05. The van der Waals surface area contributed by atoms with Crippen LogP contribution in [0, 0.1) is 0 Å². The molecular formula is C6H10O6. The summed E-state index contributed by atoms with van der Waals surface area (Å²) in [6.07, 6.45) is -3.80. The minimum Gasteiger partial charge on any atom is -0.467 e. The van der Waals surface area contributed by atoms with Gasteiger partial charge in [0.05, 0.1) is 14.2 Å². The quantitative estimate of drug-likeness (QED) is 0.488. The van der Waals surface area contributed by atoms with Gasteiger partial charge in [-0.25, -0.2) is 9.59 Å². The minimum atomic E-state index is -1.90. The van der Waals surface area contributed by atoms with Crippen LogP contribution < -0.4 is 0 Å². The van der Waals surface area contributed by atoms with Gasteiger partial charge in [-0.05, 0) is 0 Å². The van der Waals surface area contributed by atoms with Gasteiger partial charge in [0.25, 0.3) is 0 Å². The number of hydrogen-bond donors (Lipinski definition) is 2. The van der Waals surface area contributed by atoms with E-state index in [9.17, 15) is 9.59 Å². The molecule has 0 bridgehead atoms. The molecule has 0 rings (SSSR count). The summed E-state index contributed by atoms with van der Waals surface area (Å²) >= 11 is 0. The highest BCUT2D eigenvalue weighted by Gasteiger charge is 2.31. The van der Waals surface area contributed by atoms with Gasteiger partial charge < -0.3 is 19.7 Å². The van der Waals surface area contributed by atoms with Crippen molar-refractivity contribution in [2.75, 3.05) is 14.2 Å². The molecule has 0 spiro atoms. The number of carbonyl (C=O) groups is 2. The molecule has 0 aliphatic rings. The van der Waals surface area contributed by atoms with Gasteiger partial charge in [0, 0.05) is 0 Å². The van der Waals surface area contributed by atoms with Gasteiger partial charge in [0.2, 0.25) is 0 Å². The Kier molecular flexibility index (Phi) is 4.24. The molecule has 0 aromatic carbocycles. The molecule has 0 heterocycles. The van der Waals surface area contributed by atoms with Crippen molar-refractivity contribution < 1.29 is 29.3 Å². The van der Waals surface area contributed by atoms with Gasteiger partial charge in [-0.15, -0.1) is 0 Å². The lowest BCUT2D eigenvalue weighted by Gasteiger charge is -2.12. The zero-order valence-electron chi connectivity index (χ0n) is 6.68. The molecule has 0 aromatic rings. The largest absolute Gasteiger partial charge is 0.467 e. The third-order valence-corrected chi connectivity index (χ3v) is 1.18. The van der Waals surface area contributed by atoms with Crippen molar-refractivity contribution in [2.24, 2.45) is 0 Å². The number of rotatable bonds is 3. The fourth-order valence-corrected chi connectivity index (χ4v) is 0.499. The standard InChI is InChI=1S/C6H10O6/c1-11-5(9)3(7)4(8)6(10)12-2/h3-4,7-8H,1-2H3/t3-,4+. The monoisotopic (exact) mass is 178 g/mol. The summed E-state index contributed by atoms with van der Waals surface area (Å²) in [5.41, 5.74) is 0. The number of carbonyl (C=O) groups excluding carboxylic acids is 2. The number of esters is 2. The fourth-order valence-electron chi connectivity index (χ4n) is 0.499. The average Bonchev–Trinajstić information content (AvgIpc) is 2.12. The molecule has 12 heavy (non-hydrogen) atoms. The molecule has 0 saturated heterocycles. The summed E-state index contributed by atoms with van der Waals surface area (Å²) in [5, 5.41) is 17.7. The number of methoxy groups -OCH3 is 2. The Labute approximate surface area is 68.7 Å². The van der Waals surface area contributed by atoms with Crippen LogP contribution in [-0.2, 0) is 19.1 Å². The first-order valence-electron chi connectivity index (χ1n) is 3.06. The van der Waals surface area contributed by atoms with Gasteiger partial charge in [0.1, 0.15) is 0 Å². The van der Waals surface area contributed by atoms with E-state index in [0.717, 1.165) is 14.2 Å². The van der Waals surface area contributed by atoms with E-state index in [0.29, 0.717) is 0 Å². The number of ether oxygens (including phenoxy) is 2. The van der Waals surface area contributed by atoms with E-state index in [-0.39, 0.29) is 0 Å². The Morgan fingerprint density at radius 1 is 1.00 bits per heavy atom. The molecule has 0 unspecified atom stereocenters. The van der Waals surface area contributed by atoms with Crippen LogP contribution in [0.25, 0.3) is 0 Å². The van der Waals surface area contributed by atoms with Gasteiger partial charge in [-0.3, -0.25) is 0 Å². The summed E-state index contributed by atoms with van der Waals surface area (Å²) in [4.78, 5) is 21.1. The van der Waals surface area contributed by atoms with Gasteiger partial charge in [0.15, 0.2) is 12.2 Å². The zero-order chi connectivity index (χ0) is 9.72. The van der Waals surface area contributed by atoms with Crippen LogP contribution in [0.15, 0.2) is 0 Å². The van der Waals surface area contributed by atoms with Gasteiger partial charge in [-0.1, -0.05) is 0 Å². The van der Waals surface area contributed by atoms with Gasteiger partial charge in [-0.2, -0.15) is 0 Å². The van der Waals surface area contributed by atoms with E-state index in [1.165, 1.54) is 0 Å². The van der Waals surface area contributed by atoms with Crippen LogP contribution in [0.1, 0.15) is 0 Å². The van der Waals surface area contributed by atoms with E-state index < -0.39 is 24.1 Å². The van der Waals surface area contributed by atoms with Crippen LogP contribution in [0.5, 0.6) is 0 Å². The topological polar surface area (TPSA) is 93.1 Å². The molecular weight excluding hydrogens is 168 g/mol. The molecule has 0 fully saturated rings. The summed E-state index contributed by atoms with van der Waals surface area (Å²) < 4.78 is 8.14. The lowest BCUT2D eigenvalue weighted by atomic mass is 10.2. The first-order valence-corrected chi connectivity index (χ1v) is 3.06. The lowest BCUT2D eigenvalue weighted by molar-refractivity contribution is -0.169. The van der Waals surface area contributed by atoms with E-state index in [1.54, 1.807) is 0 Å². The smallest absolute Gasteiger partial charge is 0.338 e. The molecule has 0 aromatic heterocycles. The van der Waals surface area contributed by atoms with Crippen molar-refractivity contribution in [1.29, 1.82) is 0 Å². The highest BCUT2D eigenvalue weighted by atomic mass is 16.6. The van der Waals surface area contributed by atoms with Crippen molar-refractivity contribution in [3.05, 3.63) is 0 Å². The minimum absolute atomic E-state index is 1.02. The van der Waals surface area contributed by atoms with Crippen LogP contribution in [0.4, 0.5) is 0 Å². The van der Waals surface area contributed by atoms with Crippen molar-refractivity contribution in [3.63, 3.8) is 0 Å². The number of aliphatic hydroxyl groups excluding tert-OH is 2. The second kappa shape index (κ2) is 4.68. The van der Waals surface area contributed by atoms with Crippen LogP contribution >= 0.6 is 0 Å². The molecule has 0 aliphatic heterocycles. The second-order valence-electron chi connectivity index (χ2n) is 1.94. The predicted octanol–water partition coefficient (Wildman–Crippen LogP) is -1.95. The number of aliphatic hydroxyl groups is 2. The van der Waals surface area contributed by atoms with Crippen molar-refractivity contribution in [2.45, 2.75) is 12.2 Å². The van der Waals surface area contributed by atoms with Gasteiger partial charge >= 0.3 is 11.9 Å². The maximum atomic E-state index is 10.5. The summed E-state index contributed by atoms with van der Waals surface area (Å²) in [5.74, 6) is -2.18. The van der Waals surface area contributed by atoms with Crippen molar-refractivity contribution >= 4 is 11.9 Å². The molecule has 2 atom stereocenters. The highest BCUT2D eigenvalue weighted by molar-refractivity contribution is 5.85. The zero-order valence-corrected chi connectivity index (χ0v) is 6.68. The maximum Gasteiger partial charge on any atom is 0.338 e. The SMILES string of the molecule is COC(=O)[C@@H](O)[C@@H](O)C(=O)OC. The molecule has 6 nitrogen and oxygen atoms in total. The molecule has 6 heteroatoms. The van der Waals surface area contributed by atoms with Crippen molar-refractivity contribution in [1.82, 2.24) is 0 Å². The molecule has 0 radical (unpaired) electrons. The normalized spacial score (nSPS) is 14.7. The molecule has 0 amide bonds. The summed E-state index contributed by atoms with van der Waals surface area (Å²) in [6.45, 7) is 0. The highest BCUT2D eigenvalue weighted by Crippen LogP contribution is 1.97. The van der Waals surface area contributed by atoms with E-state index in [4.69, 9.17) is 10.2 Å².